The summed E-state index contributed by atoms with van der Waals surface area (Å²) in [5.74, 6) is -0.829. The second kappa shape index (κ2) is 6.42. The molecule has 1 rings (SSSR count). The quantitative estimate of drug-likeness (QED) is 0.804. The molecule has 0 spiro atoms. The maximum atomic E-state index is 13.6. The van der Waals surface area contributed by atoms with Crippen LogP contribution in [0.1, 0.15) is 0 Å². The van der Waals surface area contributed by atoms with Crippen LogP contribution in [0.4, 0.5) is 4.39 Å². The molecule has 0 aliphatic carbocycles. The Balaban J connectivity index is 3.25. The zero-order valence-electron chi connectivity index (χ0n) is 9.51. The van der Waals surface area contributed by atoms with Crippen molar-refractivity contribution in [1.82, 2.24) is 4.31 Å². The molecule has 0 bridgehead atoms. The van der Waals surface area contributed by atoms with Crippen LogP contribution in [0.5, 0.6) is 0 Å². The van der Waals surface area contributed by atoms with Crippen LogP contribution in [0.2, 0.25) is 0 Å². The molecule has 0 unspecified atom stereocenters. The number of hydrogen-bond donors (Lipinski definition) is 1. The highest BCUT2D eigenvalue weighted by Gasteiger charge is 2.26. The SMILES string of the molecule is C=CCN(CCO)S(=O)(=O)c1cc(Br)ccc1F. The van der Waals surface area contributed by atoms with E-state index in [2.05, 4.69) is 22.5 Å². The minimum absolute atomic E-state index is 0.00878. The summed E-state index contributed by atoms with van der Waals surface area (Å²) in [4.78, 5) is -0.424. The summed E-state index contributed by atoms with van der Waals surface area (Å²) in [6.07, 6.45) is 1.38. The van der Waals surface area contributed by atoms with Crippen LogP contribution >= 0.6 is 15.9 Å². The lowest BCUT2D eigenvalue weighted by Gasteiger charge is -2.20. The van der Waals surface area contributed by atoms with Crippen LogP contribution in [0, 0.1) is 5.82 Å². The fourth-order valence-electron chi connectivity index (χ4n) is 1.38. The van der Waals surface area contributed by atoms with Gasteiger partial charge in [0.2, 0.25) is 10.0 Å². The Morgan fingerprint density at radius 2 is 2.17 bits per heavy atom. The molecular formula is C11H13BrFNO3S. The molecule has 0 radical (unpaired) electrons. The maximum Gasteiger partial charge on any atom is 0.246 e. The second-order valence-electron chi connectivity index (χ2n) is 3.45. The Hall–Kier alpha value is -0.760. The molecule has 0 saturated carbocycles. The van der Waals surface area contributed by atoms with Gasteiger partial charge < -0.3 is 5.11 Å². The van der Waals surface area contributed by atoms with Crippen molar-refractivity contribution < 1.29 is 17.9 Å². The first kappa shape index (κ1) is 15.3. The van der Waals surface area contributed by atoms with E-state index in [0.29, 0.717) is 4.47 Å². The molecule has 0 aromatic heterocycles. The van der Waals surface area contributed by atoms with Gasteiger partial charge in [-0.05, 0) is 18.2 Å². The number of sulfonamides is 1. The minimum atomic E-state index is -3.98. The molecule has 0 aliphatic heterocycles. The highest BCUT2D eigenvalue weighted by molar-refractivity contribution is 9.10. The summed E-state index contributed by atoms with van der Waals surface area (Å²) in [7, 11) is -3.98. The zero-order chi connectivity index (χ0) is 13.8. The number of halogens is 2. The van der Waals surface area contributed by atoms with Crippen molar-refractivity contribution in [3.05, 3.63) is 41.1 Å². The first-order valence-corrected chi connectivity index (χ1v) is 7.33. The molecule has 0 fully saturated rings. The third-order valence-electron chi connectivity index (χ3n) is 2.19. The van der Waals surface area contributed by atoms with Gasteiger partial charge in [0.15, 0.2) is 0 Å². The van der Waals surface area contributed by atoms with Crippen molar-refractivity contribution in [3.63, 3.8) is 0 Å². The van der Waals surface area contributed by atoms with Crippen LogP contribution in [0.15, 0.2) is 40.2 Å². The van der Waals surface area contributed by atoms with Gasteiger partial charge in [-0.25, -0.2) is 12.8 Å². The predicted octanol–water partition coefficient (Wildman–Crippen LogP) is 1.76. The molecular weight excluding hydrogens is 325 g/mol. The van der Waals surface area contributed by atoms with Crippen molar-refractivity contribution in [3.8, 4) is 0 Å². The summed E-state index contributed by atoms with van der Waals surface area (Å²) in [5.41, 5.74) is 0. The summed E-state index contributed by atoms with van der Waals surface area (Å²) < 4.78 is 39.4. The molecule has 4 nitrogen and oxygen atoms in total. The molecule has 18 heavy (non-hydrogen) atoms. The van der Waals surface area contributed by atoms with Crippen molar-refractivity contribution in [2.24, 2.45) is 0 Å². The molecule has 0 atom stereocenters. The Bertz CT molecular complexity index is 533. The van der Waals surface area contributed by atoms with E-state index < -0.39 is 20.7 Å². The Labute approximate surface area is 114 Å². The Kier molecular flexibility index (Phi) is 5.46. The predicted molar refractivity (Wildman–Crippen MR) is 70.1 cm³/mol. The van der Waals surface area contributed by atoms with Crippen molar-refractivity contribution in [2.75, 3.05) is 19.7 Å². The third-order valence-corrected chi connectivity index (χ3v) is 4.57. The van der Waals surface area contributed by atoms with E-state index in [-0.39, 0.29) is 19.7 Å². The highest BCUT2D eigenvalue weighted by Crippen LogP contribution is 2.23. The van der Waals surface area contributed by atoms with E-state index in [4.69, 9.17) is 5.11 Å². The zero-order valence-corrected chi connectivity index (χ0v) is 11.9. The Morgan fingerprint density at radius 3 is 2.72 bits per heavy atom. The molecule has 7 heteroatoms. The van der Waals surface area contributed by atoms with Crippen LogP contribution in [-0.4, -0.2) is 37.5 Å². The number of rotatable bonds is 6. The van der Waals surface area contributed by atoms with Gasteiger partial charge in [0.05, 0.1) is 6.61 Å². The van der Waals surface area contributed by atoms with Gasteiger partial charge in [0.25, 0.3) is 0 Å². The topological polar surface area (TPSA) is 57.6 Å². The van der Waals surface area contributed by atoms with Crippen molar-refractivity contribution in [1.29, 1.82) is 0 Å². The first-order valence-electron chi connectivity index (χ1n) is 5.10. The molecule has 1 aromatic rings. The lowest BCUT2D eigenvalue weighted by Crippen LogP contribution is -2.34. The third kappa shape index (κ3) is 3.38. The summed E-state index contributed by atoms with van der Waals surface area (Å²) in [6.45, 7) is 2.99. The van der Waals surface area contributed by atoms with Crippen molar-refractivity contribution in [2.45, 2.75) is 4.90 Å². The monoisotopic (exact) mass is 337 g/mol. The molecule has 1 aromatic carbocycles. The van der Waals surface area contributed by atoms with E-state index in [0.717, 1.165) is 10.4 Å². The fourth-order valence-corrected chi connectivity index (χ4v) is 3.38. The van der Waals surface area contributed by atoms with E-state index in [1.807, 2.05) is 0 Å². The van der Waals surface area contributed by atoms with Gasteiger partial charge in [-0.2, -0.15) is 4.31 Å². The number of aliphatic hydroxyl groups is 1. The van der Waals surface area contributed by atoms with Gasteiger partial charge in [-0.15, -0.1) is 6.58 Å². The smallest absolute Gasteiger partial charge is 0.246 e. The molecule has 100 valence electrons. The normalized spacial score (nSPS) is 11.8. The van der Waals surface area contributed by atoms with Crippen LogP contribution in [-0.2, 0) is 10.0 Å². The van der Waals surface area contributed by atoms with Gasteiger partial charge in [0.1, 0.15) is 10.7 Å². The van der Waals surface area contributed by atoms with Gasteiger partial charge in [-0.1, -0.05) is 22.0 Å². The lowest BCUT2D eigenvalue weighted by molar-refractivity contribution is 0.260. The first-order chi connectivity index (χ1) is 8.43. The summed E-state index contributed by atoms with van der Waals surface area (Å²) >= 11 is 3.10. The maximum absolute atomic E-state index is 13.6. The average molecular weight is 338 g/mol. The van der Waals surface area contributed by atoms with Crippen LogP contribution in [0.25, 0.3) is 0 Å². The second-order valence-corrected chi connectivity index (χ2v) is 6.27. The van der Waals surface area contributed by atoms with Crippen molar-refractivity contribution >= 4 is 26.0 Å². The highest BCUT2D eigenvalue weighted by atomic mass is 79.9. The van der Waals surface area contributed by atoms with Crippen LogP contribution < -0.4 is 0 Å². The molecule has 0 amide bonds. The number of benzene rings is 1. The number of hydrogen-bond acceptors (Lipinski definition) is 3. The van der Waals surface area contributed by atoms with E-state index in [1.54, 1.807) is 0 Å². The number of nitrogens with zero attached hydrogens (tertiary/aromatic N) is 1. The molecule has 0 heterocycles. The number of aliphatic hydroxyl groups excluding tert-OH is 1. The fraction of sp³-hybridized carbons (Fsp3) is 0.273. The largest absolute Gasteiger partial charge is 0.395 e. The molecule has 0 saturated heterocycles. The van der Waals surface area contributed by atoms with Gasteiger partial charge in [0, 0.05) is 17.6 Å². The molecule has 0 aliphatic rings. The minimum Gasteiger partial charge on any atom is -0.395 e. The van der Waals surface area contributed by atoms with E-state index in [1.165, 1.54) is 18.2 Å². The summed E-state index contributed by atoms with van der Waals surface area (Å²) in [6, 6.07) is 3.68. The van der Waals surface area contributed by atoms with E-state index in [9.17, 15) is 12.8 Å². The standard InChI is InChI=1S/C11H13BrFNO3S/c1-2-5-14(6-7-15)18(16,17)11-8-9(12)3-4-10(11)13/h2-4,8,15H,1,5-7H2. The molecule has 1 N–H and O–H groups in total. The van der Waals surface area contributed by atoms with Gasteiger partial charge >= 0.3 is 0 Å². The van der Waals surface area contributed by atoms with Gasteiger partial charge in [-0.3, -0.25) is 0 Å². The summed E-state index contributed by atoms with van der Waals surface area (Å²) in [5, 5.41) is 8.85. The average Bonchev–Trinajstić information content (AvgIpc) is 2.32. The lowest BCUT2D eigenvalue weighted by atomic mass is 10.3. The van der Waals surface area contributed by atoms with Crippen LogP contribution in [0.3, 0.4) is 0 Å². The van der Waals surface area contributed by atoms with E-state index >= 15 is 0 Å². The Morgan fingerprint density at radius 1 is 1.50 bits per heavy atom.